The summed E-state index contributed by atoms with van der Waals surface area (Å²) in [5.74, 6) is 0.0886. The number of amides is 1. The molecule has 0 aliphatic rings. The minimum absolute atomic E-state index is 0.0886. The van der Waals surface area contributed by atoms with Gasteiger partial charge in [-0.15, -0.1) is 0 Å². The van der Waals surface area contributed by atoms with E-state index in [9.17, 15) is 4.79 Å². The van der Waals surface area contributed by atoms with E-state index in [4.69, 9.17) is 4.74 Å². The first-order chi connectivity index (χ1) is 8.61. The molecule has 0 unspecified atom stereocenters. The van der Waals surface area contributed by atoms with Crippen molar-refractivity contribution in [3.63, 3.8) is 0 Å². The van der Waals surface area contributed by atoms with E-state index < -0.39 is 0 Å². The van der Waals surface area contributed by atoms with E-state index in [1.807, 2.05) is 14.1 Å². The van der Waals surface area contributed by atoms with E-state index in [1.165, 1.54) is 19.3 Å². The monoisotopic (exact) mass is 258 g/mol. The number of carbonyl (C=O) groups is 1. The Labute approximate surface area is 112 Å². The summed E-state index contributed by atoms with van der Waals surface area (Å²) < 4.78 is 5.38. The Morgan fingerprint density at radius 3 is 2.39 bits per heavy atom. The summed E-state index contributed by atoms with van der Waals surface area (Å²) in [6, 6.07) is 0. The maximum absolute atomic E-state index is 11.7. The van der Waals surface area contributed by atoms with Crippen molar-refractivity contribution in [1.29, 1.82) is 0 Å². The van der Waals surface area contributed by atoms with E-state index in [2.05, 4.69) is 18.7 Å². The van der Waals surface area contributed by atoms with Crippen LogP contribution in [0.1, 0.15) is 39.5 Å². The van der Waals surface area contributed by atoms with Gasteiger partial charge in [0.2, 0.25) is 5.91 Å². The molecule has 0 aliphatic carbocycles. The molecule has 0 aromatic carbocycles. The molecule has 0 atom stereocenters. The second-order valence-corrected chi connectivity index (χ2v) is 4.82. The molecule has 0 rings (SSSR count). The number of ether oxygens (including phenoxy) is 1. The second-order valence-electron chi connectivity index (χ2n) is 4.82. The Bertz CT molecular complexity index is 210. The van der Waals surface area contributed by atoms with Gasteiger partial charge >= 0.3 is 0 Å². The van der Waals surface area contributed by atoms with Crippen LogP contribution in [0, 0.1) is 0 Å². The van der Waals surface area contributed by atoms with Crippen LogP contribution in [0.5, 0.6) is 0 Å². The normalized spacial score (nSPS) is 10.9. The van der Waals surface area contributed by atoms with Gasteiger partial charge in [-0.25, -0.2) is 0 Å². The van der Waals surface area contributed by atoms with Crippen LogP contribution in [0.2, 0.25) is 0 Å². The summed E-state index contributed by atoms with van der Waals surface area (Å²) in [7, 11) is 3.90. The van der Waals surface area contributed by atoms with Gasteiger partial charge in [0.25, 0.3) is 0 Å². The first-order valence-corrected chi connectivity index (χ1v) is 7.12. The molecule has 4 heteroatoms. The van der Waals surface area contributed by atoms with E-state index in [1.54, 1.807) is 4.90 Å². The lowest BCUT2D eigenvalue weighted by Crippen LogP contribution is -2.32. The predicted molar refractivity (Wildman–Crippen MR) is 75.8 cm³/mol. The van der Waals surface area contributed by atoms with Crippen LogP contribution in [0.3, 0.4) is 0 Å². The van der Waals surface area contributed by atoms with Crippen LogP contribution in [-0.2, 0) is 9.53 Å². The molecular formula is C14H30N2O2. The van der Waals surface area contributed by atoms with Gasteiger partial charge in [-0.1, -0.05) is 33.1 Å². The maximum Gasteiger partial charge on any atom is 0.248 e. The number of likely N-dealkylation sites (N-methyl/N-ethyl adjacent to an activating group) is 2. The molecule has 0 aromatic rings. The standard InChI is InChI=1S/C14H30N2O2/c1-5-7-8-9-10-16(4)14(17)13-18-12-11-15(3)6-2/h5-13H2,1-4H3. The quantitative estimate of drug-likeness (QED) is 0.531. The molecular weight excluding hydrogens is 228 g/mol. The molecule has 1 amide bonds. The summed E-state index contributed by atoms with van der Waals surface area (Å²) in [6.45, 7) is 7.86. The van der Waals surface area contributed by atoms with Crippen molar-refractivity contribution < 1.29 is 9.53 Å². The minimum Gasteiger partial charge on any atom is -0.370 e. The third-order valence-electron chi connectivity index (χ3n) is 3.16. The van der Waals surface area contributed by atoms with E-state index in [-0.39, 0.29) is 12.5 Å². The molecule has 0 spiro atoms. The van der Waals surface area contributed by atoms with Gasteiger partial charge in [0.05, 0.1) is 6.61 Å². The maximum atomic E-state index is 11.7. The molecule has 0 saturated carbocycles. The lowest BCUT2D eigenvalue weighted by molar-refractivity contribution is -0.135. The third kappa shape index (κ3) is 9.42. The van der Waals surface area contributed by atoms with Crippen molar-refractivity contribution in [2.45, 2.75) is 39.5 Å². The Morgan fingerprint density at radius 2 is 1.78 bits per heavy atom. The molecule has 108 valence electrons. The van der Waals surface area contributed by atoms with Gasteiger partial charge < -0.3 is 14.5 Å². The van der Waals surface area contributed by atoms with Gasteiger partial charge in [0.1, 0.15) is 6.61 Å². The van der Waals surface area contributed by atoms with Gasteiger partial charge in [0.15, 0.2) is 0 Å². The van der Waals surface area contributed by atoms with E-state index in [0.717, 1.165) is 26.1 Å². The zero-order valence-corrected chi connectivity index (χ0v) is 12.6. The first-order valence-electron chi connectivity index (χ1n) is 7.12. The number of hydrogen-bond acceptors (Lipinski definition) is 3. The third-order valence-corrected chi connectivity index (χ3v) is 3.16. The number of hydrogen-bond donors (Lipinski definition) is 0. The fourth-order valence-electron chi connectivity index (χ4n) is 1.55. The van der Waals surface area contributed by atoms with Crippen LogP contribution in [0.25, 0.3) is 0 Å². The molecule has 0 fully saturated rings. The molecule has 0 heterocycles. The topological polar surface area (TPSA) is 32.8 Å². The smallest absolute Gasteiger partial charge is 0.248 e. The summed E-state index contributed by atoms with van der Waals surface area (Å²) in [6.07, 6.45) is 4.78. The SMILES string of the molecule is CCCCCCN(C)C(=O)COCCN(C)CC. The van der Waals surface area contributed by atoms with Crippen LogP contribution >= 0.6 is 0 Å². The molecule has 0 aromatic heterocycles. The van der Waals surface area contributed by atoms with Crippen LogP contribution in [-0.4, -0.2) is 62.7 Å². The molecule has 18 heavy (non-hydrogen) atoms. The summed E-state index contributed by atoms with van der Waals surface area (Å²) in [5, 5.41) is 0. The molecule has 0 saturated heterocycles. The number of carbonyl (C=O) groups excluding carboxylic acids is 1. The number of unbranched alkanes of at least 4 members (excludes halogenated alkanes) is 3. The Morgan fingerprint density at radius 1 is 1.06 bits per heavy atom. The fraction of sp³-hybridized carbons (Fsp3) is 0.929. The van der Waals surface area contributed by atoms with E-state index >= 15 is 0 Å². The van der Waals surface area contributed by atoms with Crippen molar-refractivity contribution in [1.82, 2.24) is 9.80 Å². The number of nitrogens with zero attached hydrogens (tertiary/aromatic N) is 2. The number of rotatable bonds is 11. The van der Waals surface area contributed by atoms with Crippen molar-refractivity contribution in [3.05, 3.63) is 0 Å². The lowest BCUT2D eigenvalue weighted by Gasteiger charge is -2.18. The Hall–Kier alpha value is -0.610. The highest BCUT2D eigenvalue weighted by molar-refractivity contribution is 5.77. The lowest BCUT2D eigenvalue weighted by atomic mass is 10.2. The van der Waals surface area contributed by atoms with E-state index in [0.29, 0.717) is 6.61 Å². The van der Waals surface area contributed by atoms with Crippen molar-refractivity contribution in [2.75, 3.05) is 46.9 Å². The van der Waals surface area contributed by atoms with Crippen molar-refractivity contribution in [3.8, 4) is 0 Å². The highest BCUT2D eigenvalue weighted by Gasteiger charge is 2.08. The highest BCUT2D eigenvalue weighted by atomic mass is 16.5. The Kier molecular flexibility index (Phi) is 11.1. The molecule has 4 nitrogen and oxygen atoms in total. The first kappa shape index (κ1) is 17.4. The zero-order chi connectivity index (χ0) is 13.8. The van der Waals surface area contributed by atoms with Gasteiger partial charge in [-0.2, -0.15) is 0 Å². The summed E-state index contributed by atoms with van der Waals surface area (Å²) in [4.78, 5) is 15.7. The fourth-order valence-corrected chi connectivity index (χ4v) is 1.55. The predicted octanol–water partition coefficient (Wildman–Crippen LogP) is 1.99. The average Bonchev–Trinajstić information content (AvgIpc) is 2.38. The molecule has 0 aliphatic heterocycles. The largest absolute Gasteiger partial charge is 0.370 e. The molecule has 0 bridgehead atoms. The minimum atomic E-state index is 0.0886. The van der Waals surface area contributed by atoms with Gasteiger partial charge in [-0.3, -0.25) is 4.79 Å². The van der Waals surface area contributed by atoms with Crippen molar-refractivity contribution in [2.24, 2.45) is 0 Å². The van der Waals surface area contributed by atoms with Gasteiger partial charge in [-0.05, 0) is 20.0 Å². The average molecular weight is 258 g/mol. The molecule has 0 N–H and O–H groups in total. The molecule has 0 radical (unpaired) electrons. The summed E-state index contributed by atoms with van der Waals surface area (Å²) in [5.41, 5.74) is 0. The summed E-state index contributed by atoms with van der Waals surface area (Å²) >= 11 is 0. The van der Waals surface area contributed by atoms with Crippen LogP contribution < -0.4 is 0 Å². The van der Waals surface area contributed by atoms with Crippen molar-refractivity contribution >= 4 is 5.91 Å². The van der Waals surface area contributed by atoms with Gasteiger partial charge in [0, 0.05) is 20.1 Å². The second kappa shape index (κ2) is 11.5. The van der Waals surface area contributed by atoms with Crippen LogP contribution in [0.4, 0.5) is 0 Å². The Balaban J connectivity index is 3.49. The highest BCUT2D eigenvalue weighted by Crippen LogP contribution is 2.00. The zero-order valence-electron chi connectivity index (χ0n) is 12.6. The van der Waals surface area contributed by atoms with Crippen LogP contribution in [0.15, 0.2) is 0 Å².